The first-order valence-corrected chi connectivity index (χ1v) is 6.10. The van der Waals surface area contributed by atoms with E-state index in [0.717, 1.165) is 37.7 Å². The number of anilines is 1. The van der Waals surface area contributed by atoms with Gasteiger partial charge in [0, 0.05) is 6.54 Å². The Morgan fingerprint density at radius 1 is 1.50 bits per heavy atom. The van der Waals surface area contributed by atoms with Crippen molar-refractivity contribution in [1.29, 1.82) is 0 Å². The minimum Gasteiger partial charge on any atom is -0.377 e. The van der Waals surface area contributed by atoms with Gasteiger partial charge in [-0.3, -0.25) is 4.98 Å². The number of hydrogen-bond acceptors (Lipinski definition) is 4. The molecule has 0 amide bonds. The van der Waals surface area contributed by atoms with E-state index in [1.807, 2.05) is 0 Å². The molecule has 0 bridgehead atoms. The first-order chi connectivity index (χ1) is 7.85. The van der Waals surface area contributed by atoms with Crippen molar-refractivity contribution in [3.8, 4) is 0 Å². The van der Waals surface area contributed by atoms with Gasteiger partial charge in [-0.15, -0.1) is 11.6 Å². The number of morpholine rings is 1. The summed E-state index contributed by atoms with van der Waals surface area (Å²) in [5.41, 5.74) is 0.812. The fourth-order valence-electron chi connectivity index (χ4n) is 1.86. The highest BCUT2D eigenvalue weighted by Crippen LogP contribution is 2.18. The maximum atomic E-state index is 5.68. The van der Waals surface area contributed by atoms with E-state index in [1.165, 1.54) is 0 Å². The van der Waals surface area contributed by atoms with Crippen LogP contribution < -0.4 is 4.90 Å². The first kappa shape index (κ1) is 11.6. The molecular formula is C11H16ClN3O. The molecule has 1 aliphatic heterocycles. The lowest BCUT2D eigenvalue weighted by molar-refractivity contribution is 0.0925. The molecule has 1 unspecified atom stereocenters. The summed E-state index contributed by atoms with van der Waals surface area (Å²) in [6.07, 6.45) is 4.59. The zero-order valence-corrected chi connectivity index (χ0v) is 10.2. The Bertz CT molecular complexity index is 331. The Morgan fingerprint density at radius 3 is 3.00 bits per heavy atom. The fourth-order valence-corrected chi connectivity index (χ4v) is 2.00. The molecule has 4 nitrogen and oxygen atoms in total. The van der Waals surface area contributed by atoms with E-state index in [9.17, 15) is 0 Å². The van der Waals surface area contributed by atoms with E-state index in [1.54, 1.807) is 12.4 Å². The molecule has 2 rings (SSSR count). The fraction of sp³-hybridized carbons (Fsp3) is 0.636. The molecule has 1 saturated heterocycles. The van der Waals surface area contributed by atoms with Crippen molar-refractivity contribution in [3.05, 3.63) is 18.1 Å². The molecule has 0 aliphatic carbocycles. The van der Waals surface area contributed by atoms with Crippen LogP contribution in [-0.2, 0) is 10.6 Å². The van der Waals surface area contributed by atoms with Crippen LogP contribution in [0.4, 0.5) is 5.82 Å². The van der Waals surface area contributed by atoms with Crippen LogP contribution in [0.1, 0.15) is 19.0 Å². The van der Waals surface area contributed by atoms with Crippen molar-refractivity contribution >= 4 is 17.4 Å². The number of ether oxygens (including phenoxy) is 1. The van der Waals surface area contributed by atoms with Crippen LogP contribution in [0, 0.1) is 0 Å². The van der Waals surface area contributed by atoms with Crippen LogP contribution in [0.2, 0.25) is 0 Å². The quantitative estimate of drug-likeness (QED) is 0.757. The molecular weight excluding hydrogens is 226 g/mol. The molecule has 5 heteroatoms. The average Bonchev–Trinajstić information content (AvgIpc) is 2.39. The summed E-state index contributed by atoms with van der Waals surface area (Å²) in [6, 6.07) is 0.407. The summed E-state index contributed by atoms with van der Waals surface area (Å²) in [7, 11) is 0. The van der Waals surface area contributed by atoms with Crippen LogP contribution in [0.25, 0.3) is 0 Å². The second-order valence-corrected chi connectivity index (χ2v) is 4.10. The first-order valence-electron chi connectivity index (χ1n) is 5.56. The van der Waals surface area contributed by atoms with Crippen LogP contribution in [0.15, 0.2) is 12.4 Å². The standard InChI is InChI=1S/C11H16ClN3O/c1-2-10-8-16-4-3-15(10)11-7-13-9(5-12)6-14-11/h6-7,10H,2-5,8H2,1H3. The topological polar surface area (TPSA) is 38.2 Å². The molecule has 0 spiro atoms. The number of halogens is 1. The van der Waals surface area contributed by atoms with Gasteiger partial charge < -0.3 is 9.64 Å². The van der Waals surface area contributed by atoms with E-state index >= 15 is 0 Å². The lowest BCUT2D eigenvalue weighted by Gasteiger charge is -2.35. The minimum atomic E-state index is 0.407. The Balaban J connectivity index is 2.14. The van der Waals surface area contributed by atoms with E-state index in [-0.39, 0.29) is 0 Å². The Hall–Kier alpha value is -0.870. The summed E-state index contributed by atoms with van der Waals surface area (Å²) in [5.74, 6) is 1.33. The third-order valence-corrected chi connectivity index (χ3v) is 3.10. The summed E-state index contributed by atoms with van der Waals surface area (Å²) in [6.45, 7) is 4.57. The van der Waals surface area contributed by atoms with Gasteiger partial charge in [0.25, 0.3) is 0 Å². The highest BCUT2D eigenvalue weighted by molar-refractivity contribution is 6.16. The smallest absolute Gasteiger partial charge is 0.147 e. The Labute approximate surface area is 101 Å². The molecule has 0 radical (unpaired) electrons. The molecule has 0 aromatic carbocycles. The average molecular weight is 242 g/mol. The van der Waals surface area contributed by atoms with Gasteiger partial charge in [-0.1, -0.05) is 6.92 Å². The number of aromatic nitrogens is 2. The molecule has 16 heavy (non-hydrogen) atoms. The molecule has 88 valence electrons. The predicted molar refractivity (Wildman–Crippen MR) is 63.8 cm³/mol. The van der Waals surface area contributed by atoms with Crippen LogP contribution in [0.5, 0.6) is 0 Å². The lowest BCUT2D eigenvalue weighted by Crippen LogP contribution is -2.45. The molecule has 1 atom stereocenters. The lowest BCUT2D eigenvalue weighted by atomic mass is 10.2. The number of alkyl halides is 1. The maximum absolute atomic E-state index is 5.68. The van der Waals surface area contributed by atoms with Gasteiger partial charge in [0.1, 0.15) is 5.82 Å². The number of nitrogens with zero attached hydrogens (tertiary/aromatic N) is 3. The van der Waals surface area contributed by atoms with Gasteiger partial charge >= 0.3 is 0 Å². The zero-order valence-electron chi connectivity index (χ0n) is 9.40. The van der Waals surface area contributed by atoms with Crippen molar-refractivity contribution in [3.63, 3.8) is 0 Å². The van der Waals surface area contributed by atoms with Crippen LogP contribution >= 0.6 is 11.6 Å². The third kappa shape index (κ3) is 2.44. The molecule has 1 aliphatic rings. The summed E-state index contributed by atoms with van der Waals surface area (Å²) >= 11 is 5.68. The van der Waals surface area contributed by atoms with E-state index in [2.05, 4.69) is 21.8 Å². The van der Waals surface area contributed by atoms with Crippen LogP contribution in [-0.4, -0.2) is 35.8 Å². The van der Waals surface area contributed by atoms with Crippen molar-refractivity contribution in [1.82, 2.24) is 9.97 Å². The summed E-state index contributed by atoms with van der Waals surface area (Å²) < 4.78 is 5.46. The number of rotatable bonds is 3. The Kier molecular flexibility index (Phi) is 3.96. The normalized spacial score (nSPS) is 21.1. The number of hydrogen-bond donors (Lipinski definition) is 0. The van der Waals surface area contributed by atoms with Crippen molar-refractivity contribution < 1.29 is 4.74 Å². The SMILES string of the molecule is CCC1COCCN1c1cnc(CCl)cn1. The second kappa shape index (κ2) is 5.46. The molecule has 2 heterocycles. The van der Waals surface area contributed by atoms with Gasteiger partial charge in [0.15, 0.2) is 0 Å². The van der Waals surface area contributed by atoms with Crippen molar-refractivity contribution in [2.45, 2.75) is 25.3 Å². The molecule has 1 aromatic heterocycles. The van der Waals surface area contributed by atoms with Gasteiger partial charge in [-0.25, -0.2) is 4.98 Å². The molecule has 1 fully saturated rings. The van der Waals surface area contributed by atoms with Crippen molar-refractivity contribution in [2.24, 2.45) is 0 Å². The van der Waals surface area contributed by atoms with Gasteiger partial charge in [-0.05, 0) is 6.42 Å². The van der Waals surface area contributed by atoms with Gasteiger partial charge in [0.2, 0.25) is 0 Å². The molecule has 0 N–H and O–H groups in total. The maximum Gasteiger partial charge on any atom is 0.147 e. The second-order valence-electron chi connectivity index (χ2n) is 3.83. The van der Waals surface area contributed by atoms with Crippen molar-refractivity contribution in [2.75, 3.05) is 24.7 Å². The predicted octanol–water partition coefficient (Wildman–Crippen LogP) is 1.83. The molecule has 1 aromatic rings. The minimum absolute atomic E-state index is 0.407. The monoisotopic (exact) mass is 241 g/mol. The largest absolute Gasteiger partial charge is 0.377 e. The Morgan fingerprint density at radius 2 is 2.38 bits per heavy atom. The van der Waals surface area contributed by atoms with E-state index in [4.69, 9.17) is 16.3 Å². The van der Waals surface area contributed by atoms with E-state index < -0.39 is 0 Å². The molecule has 0 saturated carbocycles. The van der Waals surface area contributed by atoms with Crippen LogP contribution in [0.3, 0.4) is 0 Å². The third-order valence-electron chi connectivity index (χ3n) is 2.82. The van der Waals surface area contributed by atoms with Gasteiger partial charge in [-0.2, -0.15) is 0 Å². The summed E-state index contributed by atoms with van der Waals surface area (Å²) in [5, 5.41) is 0. The van der Waals surface area contributed by atoms with Gasteiger partial charge in [0.05, 0.1) is 43.2 Å². The summed E-state index contributed by atoms with van der Waals surface area (Å²) in [4.78, 5) is 10.9. The van der Waals surface area contributed by atoms with E-state index in [0.29, 0.717) is 11.9 Å². The zero-order chi connectivity index (χ0) is 11.4. The highest BCUT2D eigenvalue weighted by Gasteiger charge is 2.22. The highest BCUT2D eigenvalue weighted by atomic mass is 35.5.